The van der Waals surface area contributed by atoms with E-state index in [4.69, 9.17) is 9.15 Å². The summed E-state index contributed by atoms with van der Waals surface area (Å²) < 4.78 is 35.5. The number of benzene rings is 1. The lowest BCUT2D eigenvalue weighted by Crippen LogP contribution is -2.08. The van der Waals surface area contributed by atoms with Crippen molar-refractivity contribution in [3.05, 3.63) is 66.2 Å². The van der Waals surface area contributed by atoms with Crippen LogP contribution in [0.15, 0.2) is 64.4 Å². The second-order valence-corrected chi connectivity index (χ2v) is 5.80. The van der Waals surface area contributed by atoms with Gasteiger partial charge in [0.25, 0.3) is 5.76 Å². The van der Waals surface area contributed by atoms with Gasteiger partial charge in [0.1, 0.15) is 23.6 Å². The van der Waals surface area contributed by atoms with Crippen molar-refractivity contribution in [2.24, 2.45) is 0 Å². The van der Waals surface area contributed by atoms with Gasteiger partial charge in [0, 0.05) is 11.8 Å². The van der Waals surface area contributed by atoms with E-state index in [0.29, 0.717) is 11.6 Å². The van der Waals surface area contributed by atoms with E-state index in [2.05, 4.69) is 9.97 Å². The molecule has 0 fully saturated rings. The highest BCUT2D eigenvalue weighted by Crippen LogP contribution is 2.27. The molecule has 0 saturated carbocycles. The lowest BCUT2D eigenvalue weighted by Gasteiger charge is -2.06. The second-order valence-electron chi connectivity index (χ2n) is 4.82. The van der Waals surface area contributed by atoms with Crippen LogP contribution in [0.2, 0.25) is 0 Å². The average Bonchev–Trinajstić information content (AvgIpc) is 3.09. The Bertz CT molecular complexity index is 856. The zero-order valence-electron chi connectivity index (χ0n) is 12.8. The summed E-state index contributed by atoms with van der Waals surface area (Å²) in [5.74, 6) is -3.02. The number of carbonyl (C=O) groups is 1. The number of carbonyl (C=O) groups excluding carboxylic acids is 1. The fraction of sp³-hybridized carbons (Fsp3) is 0.118. The van der Waals surface area contributed by atoms with E-state index in [1.807, 2.05) is 30.3 Å². The van der Waals surface area contributed by atoms with Crippen LogP contribution in [0.4, 0.5) is 8.78 Å². The van der Waals surface area contributed by atoms with Crippen LogP contribution in [-0.4, -0.2) is 21.7 Å². The number of esters is 1. The lowest BCUT2D eigenvalue weighted by atomic mass is 10.2. The van der Waals surface area contributed by atoms with Gasteiger partial charge in [-0.2, -0.15) is 8.78 Å². The van der Waals surface area contributed by atoms with Crippen LogP contribution in [0.25, 0.3) is 11.5 Å². The van der Waals surface area contributed by atoms with E-state index in [1.165, 1.54) is 24.6 Å². The average molecular weight is 362 g/mol. The number of thioether (sulfide) groups is 1. The van der Waals surface area contributed by atoms with E-state index in [1.54, 1.807) is 0 Å². The number of hydrogen-bond acceptors (Lipinski definition) is 6. The first-order valence-electron chi connectivity index (χ1n) is 7.20. The molecule has 0 saturated heterocycles. The van der Waals surface area contributed by atoms with Crippen molar-refractivity contribution in [2.45, 2.75) is 17.4 Å². The lowest BCUT2D eigenvalue weighted by molar-refractivity contribution is 0.0462. The Morgan fingerprint density at radius 2 is 2.00 bits per heavy atom. The highest BCUT2D eigenvalue weighted by atomic mass is 32.2. The molecule has 5 nitrogen and oxygen atoms in total. The van der Waals surface area contributed by atoms with Gasteiger partial charge >= 0.3 is 5.97 Å². The number of oxazole rings is 1. The Morgan fingerprint density at radius 3 is 2.76 bits per heavy atom. The highest BCUT2D eigenvalue weighted by molar-refractivity contribution is 7.99. The van der Waals surface area contributed by atoms with Crippen molar-refractivity contribution in [1.29, 1.82) is 0 Å². The molecule has 2 heterocycles. The maximum atomic E-state index is 12.5. The monoisotopic (exact) mass is 362 g/mol. The molecule has 0 radical (unpaired) electrons. The van der Waals surface area contributed by atoms with Crippen LogP contribution in [0.1, 0.15) is 16.1 Å². The van der Waals surface area contributed by atoms with Gasteiger partial charge in [-0.1, -0.05) is 18.2 Å². The molecule has 128 valence electrons. The number of alkyl halides is 2. The van der Waals surface area contributed by atoms with E-state index >= 15 is 0 Å². The van der Waals surface area contributed by atoms with Gasteiger partial charge in [-0.15, -0.1) is 0 Å². The maximum Gasteiger partial charge on any atom is 0.341 e. The first-order valence-corrected chi connectivity index (χ1v) is 8.08. The third kappa shape index (κ3) is 4.42. The minimum atomic E-state index is -2.68. The summed E-state index contributed by atoms with van der Waals surface area (Å²) in [6.45, 7) is -0.136. The van der Waals surface area contributed by atoms with Crippen LogP contribution < -0.4 is 0 Å². The van der Waals surface area contributed by atoms with E-state index < -0.39 is 11.7 Å². The fourth-order valence-electron chi connectivity index (χ4n) is 2.03. The predicted octanol–water partition coefficient (Wildman–Crippen LogP) is 4.41. The molecule has 0 aliphatic rings. The molecule has 0 bridgehead atoms. The van der Waals surface area contributed by atoms with Crippen LogP contribution in [0, 0.1) is 0 Å². The van der Waals surface area contributed by atoms with Crippen LogP contribution in [0.5, 0.6) is 0 Å². The summed E-state index contributed by atoms with van der Waals surface area (Å²) in [4.78, 5) is 20.1. The third-order valence-electron chi connectivity index (χ3n) is 3.12. The number of hydrogen-bond donors (Lipinski definition) is 0. The van der Waals surface area contributed by atoms with Crippen LogP contribution >= 0.6 is 11.8 Å². The molecule has 25 heavy (non-hydrogen) atoms. The molecule has 0 atom stereocenters. The van der Waals surface area contributed by atoms with Crippen molar-refractivity contribution >= 4 is 17.7 Å². The molecule has 3 aromatic rings. The number of rotatable bonds is 6. The Labute approximate surface area is 146 Å². The summed E-state index contributed by atoms with van der Waals surface area (Å²) in [5, 5.41) is -0.0763. The summed E-state index contributed by atoms with van der Waals surface area (Å²) in [6, 6.07) is 12.1. The molecule has 0 N–H and O–H groups in total. The summed E-state index contributed by atoms with van der Waals surface area (Å²) in [7, 11) is 0. The minimum absolute atomic E-state index is 0.0143. The topological polar surface area (TPSA) is 65.2 Å². The van der Waals surface area contributed by atoms with Crippen molar-refractivity contribution in [1.82, 2.24) is 9.97 Å². The van der Waals surface area contributed by atoms with Crippen LogP contribution in [-0.2, 0) is 11.3 Å². The molecular formula is C17H12F2N2O3S. The Kier molecular flexibility index (Phi) is 5.39. The van der Waals surface area contributed by atoms with Gasteiger partial charge in [0.15, 0.2) is 0 Å². The predicted molar refractivity (Wildman–Crippen MR) is 87.2 cm³/mol. The summed E-state index contributed by atoms with van der Waals surface area (Å²) in [5.41, 5.74) is 1.20. The van der Waals surface area contributed by atoms with Crippen molar-refractivity contribution in [2.75, 3.05) is 0 Å². The molecule has 0 aliphatic carbocycles. The van der Waals surface area contributed by atoms with E-state index in [9.17, 15) is 13.6 Å². The first-order chi connectivity index (χ1) is 12.1. The number of ether oxygens (including phenoxy) is 1. The Morgan fingerprint density at radius 1 is 1.20 bits per heavy atom. The second kappa shape index (κ2) is 7.89. The van der Waals surface area contributed by atoms with Crippen molar-refractivity contribution in [3.63, 3.8) is 0 Å². The van der Waals surface area contributed by atoms with Gasteiger partial charge in [0.2, 0.25) is 5.89 Å². The fourth-order valence-corrected chi connectivity index (χ4v) is 2.60. The summed E-state index contributed by atoms with van der Waals surface area (Å²) in [6.07, 6.45) is 2.72. The number of nitrogens with zero attached hydrogens (tertiary/aromatic N) is 2. The van der Waals surface area contributed by atoms with Gasteiger partial charge in [-0.05, 0) is 36.0 Å². The normalized spacial score (nSPS) is 10.8. The standard InChI is InChI=1S/C17H12F2N2O3S/c18-17(19)25-15-13(7-4-8-20-15)16(22)24-10-12-9-23-14(21-12)11-5-2-1-3-6-11/h1-9,17H,10H2. The molecule has 0 aliphatic heterocycles. The van der Waals surface area contributed by atoms with Gasteiger partial charge < -0.3 is 9.15 Å². The Hall–Kier alpha value is -2.74. The highest BCUT2D eigenvalue weighted by Gasteiger charge is 2.18. The van der Waals surface area contributed by atoms with Crippen LogP contribution in [0.3, 0.4) is 0 Å². The molecular weight excluding hydrogens is 350 g/mol. The smallest absolute Gasteiger partial charge is 0.341 e. The van der Waals surface area contributed by atoms with E-state index in [-0.39, 0.29) is 29.0 Å². The molecule has 3 rings (SSSR count). The Balaban J connectivity index is 1.66. The molecule has 0 unspecified atom stereocenters. The molecule has 0 spiro atoms. The van der Waals surface area contributed by atoms with Gasteiger partial charge in [-0.3, -0.25) is 0 Å². The largest absolute Gasteiger partial charge is 0.455 e. The molecule has 8 heteroatoms. The first kappa shape index (κ1) is 17.1. The number of pyridine rings is 1. The number of aromatic nitrogens is 2. The quantitative estimate of drug-likeness (QED) is 0.478. The van der Waals surface area contributed by atoms with Crippen molar-refractivity contribution in [3.8, 4) is 11.5 Å². The summed E-state index contributed by atoms with van der Waals surface area (Å²) >= 11 is 0.197. The van der Waals surface area contributed by atoms with Crippen molar-refractivity contribution < 1.29 is 22.7 Å². The third-order valence-corrected chi connectivity index (χ3v) is 3.84. The zero-order chi connectivity index (χ0) is 17.6. The minimum Gasteiger partial charge on any atom is -0.455 e. The zero-order valence-corrected chi connectivity index (χ0v) is 13.6. The molecule has 0 amide bonds. The maximum absolute atomic E-state index is 12.5. The van der Waals surface area contributed by atoms with Gasteiger partial charge in [-0.25, -0.2) is 14.8 Å². The molecule has 1 aromatic carbocycles. The molecule has 2 aromatic heterocycles. The van der Waals surface area contributed by atoms with E-state index in [0.717, 1.165) is 5.56 Å². The number of halogens is 2. The van der Waals surface area contributed by atoms with Gasteiger partial charge in [0.05, 0.1) is 5.56 Å². The SMILES string of the molecule is O=C(OCc1coc(-c2ccccc2)n1)c1cccnc1SC(F)F.